The molecule has 2 aromatic heterocycles. The Balaban J connectivity index is 2.00. The van der Waals surface area contributed by atoms with E-state index in [4.69, 9.17) is 0 Å². The van der Waals surface area contributed by atoms with Gasteiger partial charge in [0.1, 0.15) is 0 Å². The van der Waals surface area contributed by atoms with Crippen LogP contribution in [0, 0.1) is 10.1 Å². The van der Waals surface area contributed by atoms with Gasteiger partial charge in [0.15, 0.2) is 0 Å². The van der Waals surface area contributed by atoms with Crippen LogP contribution in [0.2, 0.25) is 0 Å². The molecule has 0 aliphatic heterocycles. The molecule has 0 radical (unpaired) electrons. The van der Waals surface area contributed by atoms with Crippen molar-refractivity contribution in [2.45, 2.75) is 10.9 Å². The lowest BCUT2D eigenvalue weighted by molar-refractivity contribution is -0.380. The fraction of sp³-hybridized carbons (Fsp3) is 0.286. The number of thioether (sulfide) groups is 1. The van der Waals surface area contributed by atoms with Gasteiger partial charge in [-0.1, -0.05) is 23.1 Å². The average Bonchev–Trinajstić information content (AvgIpc) is 2.83. The van der Waals surface area contributed by atoms with Crippen LogP contribution in [0.4, 0.5) is 5.00 Å². The van der Waals surface area contributed by atoms with Crippen LogP contribution in [0.1, 0.15) is 5.56 Å². The van der Waals surface area contributed by atoms with Gasteiger partial charge in [-0.05, 0) is 16.0 Å². The van der Waals surface area contributed by atoms with Gasteiger partial charge in [0.05, 0.1) is 4.92 Å². The molecule has 16 heavy (non-hydrogen) atoms. The van der Waals surface area contributed by atoms with Gasteiger partial charge in [-0.3, -0.25) is 10.1 Å². The lowest BCUT2D eigenvalue weighted by atomic mass is 10.4. The van der Waals surface area contributed by atoms with E-state index >= 15 is 0 Å². The Morgan fingerprint density at radius 2 is 2.50 bits per heavy atom. The zero-order chi connectivity index (χ0) is 11.5. The van der Waals surface area contributed by atoms with Gasteiger partial charge in [-0.25, -0.2) is 4.68 Å². The summed E-state index contributed by atoms with van der Waals surface area (Å²) >= 11 is 2.57. The van der Waals surface area contributed by atoms with E-state index in [9.17, 15) is 10.1 Å². The fourth-order valence-corrected chi connectivity index (χ4v) is 2.64. The van der Waals surface area contributed by atoms with Gasteiger partial charge < -0.3 is 0 Å². The third-order valence-corrected chi connectivity index (χ3v) is 3.78. The van der Waals surface area contributed by atoms with Crippen molar-refractivity contribution >= 4 is 28.1 Å². The molecule has 0 aliphatic carbocycles. The first-order chi connectivity index (χ1) is 7.66. The minimum absolute atomic E-state index is 0.159. The van der Waals surface area contributed by atoms with Gasteiger partial charge in [0.2, 0.25) is 5.16 Å². The third-order valence-electron chi connectivity index (χ3n) is 1.77. The van der Waals surface area contributed by atoms with E-state index in [1.165, 1.54) is 11.8 Å². The third kappa shape index (κ3) is 2.36. The van der Waals surface area contributed by atoms with Crippen molar-refractivity contribution in [3.8, 4) is 0 Å². The summed E-state index contributed by atoms with van der Waals surface area (Å²) in [6.07, 6.45) is 0. The molecule has 0 aromatic carbocycles. The lowest BCUT2D eigenvalue weighted by Gasteiger charge is -1.95. The Labute approximate surface area is 98.6 Å². The summed E-state index contributed by atoms with van der Waals surface area (Å²) in [5, 5.41) is 24.1. The highest BCUT2D eigenvalue weighted by Gasteiger charge is 2.10. The predicted molar refractivity (Wildman–Crippen MR) is 59.3 cm³/mol. The first kappa shape index (κ1) is 11.0. The van der Waals surface area contributed by atoms with Crippen LogP contribution in [0.15, 0.2) is 16.6 Å². The van der Waals surface area contributed by atoms with Gasteiger partial charge in [-0.2, -0.15) is 0 Å². The Kier molecular flexibility index (Phi) is 3.15. The van der Waals surface area contributed by atoms with Crippen molar-refractivity contribution in [2.24, 2.45) is 7.05 Å². The van der Waals surface area contributed by atoms with Crippen molar-refractivity contribution in [1.82, 2.24) is 20.2 Å². The summed E-state index contributed by atoms with van der Waals surface area (Å²) in [6.45, 7) is 0. The second kappa shape index (κ2) is 4.58. The normalized spacial score (nSPS) is 10.6. The van der Waals surface area contributed by atoms with Crippen molar-refractivity contribution in [1.29, 1.82) is 0 Å². The highest BCUT2D eigenvalue weighted by atomic mass is 32.2. The maximum atomic E-state index is 10.5. The van der Waals surface area contributed by atoms with Crippen LogP contribution in [0.3, 0.4) is 0 Å². The van der Waals surface area contributed by atoms with E-state index in [1.54, 1.807) is 23.2 Å². The van der Waals surface area contributed by atoms with Crippen LogP contribution >= 0.6 is 23.1 Å². The van der Waals surface area contributed by atoms with E-state index in [-0.39, 0.29) is 9.92 Å². The molecule has 0 atom stereocenters. The summed E-state index contributed by atoms with van der Waals surface area (Å²) in [7, 11) is 1.75. The van der Waals surface area contributed by atoms with Gasteiger partial charge in [-0.15, -0.1) is 5.10 Å². The number of aromatic nitrogens is 4. The van der Waals surface area contributed by atoms with Crippen molar-refractivity contribution in [2.75, 3.05) is 0 Å². The van der Waals surface area contributed by atoms with E-state index in [2.05, 4.69) is 15.5 Å². The molecular formula is C7H7N5O2S2. The van der Waals surface area contributed by atoms with E-state index in [1.807, 2.05) is 0 Å². The summed E-state index contributed by atoms with van der Waals surface area (Å²) in [6, 6.07) is 1.57. The molecule has 2 rings (SSSR count). The van der Waals surface area contributed by atoms with Crippen molar-refractivity contribution < 1.29 is 4.92 Å². The number of rotatable bonds is 4. The second-order valence-electron chi connectivity index (χ2n) is 2.92. The molecular weight excluding hydrogens is 250 g/mol. The number of hydrogen-bond donors (Lipinski definition) is 0. The summed E-state index contributed by atoms with van der Waals surface area (Å²) in [5.74, 6) is 0.624. The molecule has 84 valence electrons. The van der Waals surface area contributed by atoms with Crippen molar-refractivity contribution in [3.05, 3.63) is 27.1 Å². The molecule has 0 bridgehead atoms. The topological polar surface area (TPSA) is 86.7 Å². The number of tetrazole rings is 1. The average molecular weight is 257 g/mol. The number of hydrogen-bond acceptors (Lipinski definition) is 7. The minimum atomic E-state index is -0.386. The molecule has 0 unspecified atom stereocenters. The molecule has 0 N–H and O–H groups in total. The quantitative estimate of drug-likeness (QED) is 0.468. The molecule has 0 amide bonds. The molecule has 2 heterocycles. The van der Waals surface area contributed by atoms with Gasteiger partial charge >= 0.3 is 5.00 Å². The molecule has 0 aliphatic rings. The van der Waals surface area contributed by atoms with Gasteiger partial charge in [0.25, 0.3) is 0 Å². The standard InChI is InChI=1S/C7H7N5O2S2/c1-11-7(8-9-10-11)16-4-5-2-6(12(13)14)15-3-5/h2-3H,4H2,1H3. The van der Waals surface area contributed by atoms with E-state index < -0.39 is 0 Å². The molecule has 7 nitrogen and oxygen atoms in total. The number of nitrogens with zero attached hydrogens (tertiary/aromatic N) is 5. The van der Waals surface area contributed by atoms with Crippen LogP contribution in [0.25, 0.3) is 0 Å². The lowest BCUT2D eigenvalue weighted by Crippen LogP contribution is -1.92. The van der Waals surface area contributed by atoms with E-state index in [0.717, 1.165) is 16.9 Å². The largest absolute Gasteiger partial charge is 0.324 e. The number of nitro groups is 1. The maximum Gasteiger partial charge on any atom is 0.324 e. The zero-order valence-corrected chi connectivity index (χ0v) is 9.86. The van der Waals surface area contributed by atoms with Crippen LogP contribution in [-0.4, -0.2) is 25.1 Å². The Morgan fingerprint density at radius 3 is 3.06 bits per heavy atom. The van der Waals surface area contributed by atoms with Gasteiger partial charge in [0, 0.05) is 24.2 Å². The maximum absolute atomic E-state index is 10.5. The first-order valence-electron chi connectivity index (χ1n) is 4.24. The zero-order valence-electron chi connectivity index (χ0n) is 8.23. The highest BCUT2D eigenvalue weighted by Crippen LogP contribution is 2.27. The summed E-state index contributed by atoms with van der Waals surface area (Å²) in [5.41, 5.74) is 0.907. The second-order valence-corrected chi connectivity index (χ2v) is 4.76. The van der Waals surface area contributed by atoms with Crippen LogP contribution in [0.5, 0.6) is 0 Å². The highest BCUT2D eigenvalue weighted by molar-refractivity contribution is 7.98. The minimum Gasteiger partial charge on any atom is -0.258 e. The monoisotopic (exact) mass is 257 g/mol. The number of aryl methyl sites for hydroxylation is 1. The molecule has 0 saturated heterocycles. The Morgan fingerprint density at radius 1 is 1.69 bits per heavy atom. The summed E-state index contributed by atoms with van der Waals surface area (Å²) < 4.78 is 1.56. The van der Waals surface area contributed by atoms with Crippen LogP contribution < -0.4 is 0 Å². The molecule has 2 aromatic rings. The van der Waals surface area contributed by atoms with Crippen LogP contribution in [-0.2, 0) is 12.8 Å². The first-order valence-corrected chi connectivity index (χ1v) is 6.10. The SMILES string of the molecule is Cn1nnnc1SCc1csc([N+](=O)[O-])c1. The van der Waals surface area contributed by atoms with Crippen molar-refractivity contribution in [3.63, 3.8) is 0 Å². The number of thiophene rings is 1. The molecule has 0 saturated carbocycles. The fourth-order valence-electron chi connectivity index (χ4n) is 1.03. The molecule has 9 heteroatoms. The summed E-state index contributed by atoms with van der Waals surface area (Å²) in [4.78, 5) is 10.1. The Bertz CT molecular complexity index is 508. The van der Waals surface area contributed by atoms with E-state index in [0.29, 0.717) is 10.9 Å². The predicted octanol–water partition coefficient (Wildman–Crippen LogP) is 1.47. The molecule has 0 spiro atoms. The molecule has 0 fully saturated rings. The smallest absolute Gasteiger partial charge is 0.258 e. The Hall–Kier alpha value is -1.48.